The highest BCUT2D eigenvalue weighted by Crippen LogP contribution is 2.37. The minimum absolute atomic E-state index is 0.0387. The molecule has 7 heteroatoms. The molecule has 0 unspecified atom stereocenters. The van der Waals surface area contributed by atoms with Crippen LogP contribution in [-0.4, -0.2) is 9.55 Å². The zero-order valence-electron chi connectivity index (χ0n) is 10.6. The van der Waals surface area contributed by atoms with Crippen LogP contribution in [0.5, 0.6) is 0 Å². The Labute approximate surface area is 121 Å². The summed E-state index contributed by atoms with van der Waals surface area (Å²) in [6, 6.07) is 5.75. The van der Waals surface area contributed by atoms with E-state index in [1.54, 1.807) is 22.3 Å². The fraction of sp³-hybridized carbons (Fsp3) is 0.143. The Morgan fingerprint density at radius 1 is 1.29 bits per heavy atom. The van der Waals surface area contributed by atoms with Crippen LogP contribution in [-0.2, 0) is 12.7 Å². The van der Waals surface area contributed by atoms with E-state index in [2.05, 4.69) is 4.98 Å². The van der Waals surface area contributed by atoms with Crippen LogP contribution in [0.4, 0.5) is 13.2 Å². The van der Waals surface area contributed by atoms with Gasteiger partial charge in [0.2, 0.25) is 0 Å². The van der Waals surface area contributed by atoms with E-state index >= 15 is 0 Å². The van der Waals surface area contributed by atoms with Crippen molar-refractivity contribution in [2.24, 2.45) is 0 Å². The standard InChI is InChI=1S/C14H8F3N3S/c15-14(16,17)13-9(5-18)1-2-12-11(13)3-4-20(12)6-10-7-21-8-19-10/h1-4,7-8H,6H2. The van der Waals surface area contributed by atoms with Gasteiger partial charge in [0.05, 0.1) is 34.9 Å². The molecule has 0 bridgehead atoms. The highest BCUT2D eigenvalue weighted by atomic mass is 32.1. The molecule has 0 aliphatic heterocycles. The van der Waals surface area contributed by atoms with Gasteiger partial charge in [-0.3, -0.25) is 0 Å². The summed E-state index contributed by atoms with van der Waals surface area (Å²) in [6.45, 7) is 0.399. The first-order chi connectivity index (χ1) is 10.0. The second-order valence-corrected chi connectivity index (χ2v) is 5.17. The van der Waals surface area contributed by atoms with Crippen LogP contribution in [0.15, 0.2) is 35.3 Å². The van der Waals surface area contributed by atoms with Crippen LogP contribution >= 0.6 is 11.3 Å². The van der Waals surface area contributed by atoms with E-state index in [0.717, 1.165) is 5.69 Å². The van der Waals surface area contributed by atoms with E-state index < -0.39 is 11.7 Å². The summed E-state index contributed by atoms with van der Waals surface area (Å²) < 4.78 is 41.2. The Hall–Kier alpha value is -2.33. The normalized spacial score (nSPS) is 11.7. The van der Waals surface area contributed by atoms with E-state index in [1.165, 1.54) is 29.5 Å². The molecule has 0 spiro atoms. The number of benzene rings is 1. The lowest BCUT2D eigenvalue weighted by Gasteiger charge is -2.11. The molecule has 1 aromatic carbocycles. The van der Waals surface area contributed by atoms with Gasteiger partial charge < -0.3 is 4.57 Å². The van der Waals surface area contributed by atoms with Crippen LogP contribution in [0.2, 0.25) is 0 Å². The summed E-state index contributed by atoms with van der Waals surface area (Å²) in [5.41, 5.74) is 1.67. The third-order valence-corrected chi connectivity index (χ3v) is 3.81. The summed E-state index contributed by atoms with van der Waals surface area (Å²) in [4.78, 5) is 4.13. The molecule has 0 N–H and O–H groups in total. The van der Waals surface area contributed by atoms with Crippen LogP contribution in [0.1, 0.15) is 16.8 Å². The quantitative estimate of drug-likeness (QED) is 0.717. The zero-order chi connectivity index (χ0) is 15.0. The van der Waals surface area contributed by atoms with Crippen molar-refractivity contribution in [3.05, 3.63) is 52.1 Å². The van der Waals surface area contributed by atoms with Crippen molar-refractivity contribution in [1.82, 2.24) is 9.55 Å². The number of rotatable bonds is 2. The summed E-state index contributed by atoms with van der Waals surface area (Å²) in [5, 5.41) is 10.8. The lowest BCUT2D eigenvalue weighted by Crippen LogP contribution is -2.09. The van der Waals surface area contributed by atoms with Crippen molar-refractivity contribution < 1.29 is 13.2 Å². The first-order valence-corrected chi connectivity index (χ1v) is 6.91. The topological polar surface area (TPSA) is 41.6 Å². The first-order valence-electron chi connectivity index (χ1n) is 5.97. The maximum Gasteiger partial charge on any atom is 0.418 e. The zero-order valence-corrected chi connectivity index (χ0v) is 11.4. The minimum atomic E-state index is -4.56. The second-order valence-electron chi connectivity index (χ2n) is 4.45. The molecule has 0 aliphatic carbocycles. The van der Waals surface area contributed by atoms with Crippen molar-refractivity contribution in [3.8, 4) is 6.07 Å². The maximum absolute atomic E-state index is 13.2. The third-order valence-electron chi connectivity index (χ3n) is 3.17. The van der Waals surface area contributed by atoms with Crippen LogP contribution in [0.25, 0.3) is 10.9 Å². The molecule has 0 fully saturated rings. The molecule has 3 nitrogen and oxygen atoms in total. The molecular weight excluding hydrogens is 299 g/mol. The first kappa shape index (κ1) is 13.6. The van der Waals surface area contributed by atoms with Crippen LogP contribution in [0, 0.1) is 11.3 Å². The van der Waals surface area contributed by atoms with Crippen LogP contribution < -0.4 is 0 Å². The molecule has 2 heterocycles. The average molecular weight is 307 g/mol. The summed E-state index contributed by atoms with van der Waals surface area (Å²) in [7, 11) is 0. The molecule has 0 radical (unpaired) electrons. The van der Waals surface area contributed by atoms with E-state index in [9.17, 15) is 13.2 Å². The smallest absolute Gasteiger partial charge is 0.341 e. The molecule has 2 aromatic heterocycles. The largest absolute Gasteiger partial charge is 0.418 e. The molecule has 0 saturated heterocycles. The number of alkyl halides is 3. The van der Waals surface area contributed by atoms with Crippen molar-refractivity contribution >= 4 is 22.2 Å². The van der Waals surface area contributed by atoms with Gasteiger partial charge in [0.15, 0.2) is 0 Å². The predicted molar refractivity (Wildman–Crippen MR) is 72.9 cm³/mol. The monoisotopic (exact) mass is 307 g/mol. The fourth-order valence-electron chi connectivity index (χ4n) is 2.30. The van der Waals surface area contributed by atoms with Crippen LogP contribution in [0.3, 0.4) is 0 Å². The third kappa shape index (κ3) is 2.38. The lowest BCUT2D eigenvalue weighted by atomic mass is 10.0. The summed E-state index contributed by atoms with van der Waals surface area (Å²) in [5.74, 6) is 0. The van der Waals surface area contributed by atoms with Crippen molar-refractivity contribution in [3.63, 3.8) is 0 Å². The van der Waals surface area contributed by atoms with Gasteiger partial charge in [0, 0.05) is 22.5 Å². The number of nitrogens with zero attached hydrogens (tertiary/aromatic N) is 3. The molecule has 3 rings (SSSR count). The maximum atomic E-state index is 13.2. The molecule has 0 amide bonds. The van der Waals surface area contributed by atoms with Gasteiger partial charge in [0.25, 0.3) is 0 Å². The number of fused-ring (bicyclic) bond motifs is 1. The van der Waals surface area contributed by atoms with Crippen molar-refractivity contribution in [2.45, 2.75) is 12.7 Å². The Balaban J connectivity index is 2.18. The Morgan fingerprint density at radius 2 is 2.10 bits per heavy atom. The van der Waals surface area contributed by atoms with Gasteiger partial charge >= 0.3 is 6.18 Å². The van der Waals surface area contributed by atoms with E-state index in [1.807, 2.05) is 5.38 Å². The van der Waals surface area contributed by atoms with Gasteiger partial charge in [0.1, 0.15) is 0 Å². The van der Waals surface area contributed by atoms with Gasteiger partial charge in [-0.25, -0.2) is 4.98 Å². The van der Waals surface area contributed by atoms with E-state index in [0.29, 0.717) is 12.1 Å². The summed E-state index contributed by atoms with van der Waals surface area (Å²) >= 11 is 1.43. The number of hydrogen-bond donors (Lipinski definition) is 0. The highest BCUT2D eigenvalue weighted by Gasteiger charge is 2.36. The number of hydrogen-bond acceptors (Lipinski definition) is 3. The van der Waals surface area contributed by atoms with Gasteiger partial charge in [-0.05, 0) is 18.2 Å². The Bertz CT molecular complexity index is 826. The molecule has 0 atom stereocenters. The van der Waals surface area contributed by atoms with E-state index in [-0.39, 0.29) is 10.9 Å². The van der Waals surface area contributed by atoms with Crippen molar-refractivity contribution in [1.29, 1.82) is 5.26 Å². The minimum Gasteiger partial charge on any atom is -0.341 e. The highest BCUT2D eigenvalue weighted by molar-refractivity contribution is 7.07. The van der Waals surface area contributed by atoms with E-state index in [4.69, 9.17) is 5.26 Å². The number of halogens is 3. The molecule has 0 aliphatic rings. The summed E-state index contributed by atoms with van der Waals surface area (Å²) in [6.07, 6.45) is -2.97. The number of thiazole rings is 1. The Kier molecular flexibility index (Phi) is 3.18. The van der Waals surface area contributed by atoms with Gasteiger partial charge in [-0.2, -0.15) is 18.4 Å². The SMILES string of the molecule is N#Cc1ccc2c(ccn2Cc2cscn2)c1C(F)(F)F. The van der Waals surface area contributed by atoms with Gasteiger partial charge in [-0.15, -0.1) is 11.3 Å². The molecule has 21 heavy (non-hydrogen) atoms. The predicted octanol–water partition coefficient (Wildman–Crippen LogP) is 4.04. The fourth-order valence-corrected chi connectivity index (χ4v) is 2.85. The van der Waals surface area contributed by atoms with Crippen molar-refractivity contribution in [2.75, 3.05) is 0 Å². The molecular formula is C14H8F3N3S. The number of aromatic nitrogens is 2. The number of nitriles is 1. The second kappa shape index (κ2) is 4.90. The molecule has 106 valence electrons. The van der Waals surface area contributed by atoms with Gasteiger partial charge in [-0.1, -0.05) is 0 Å². The lowest BCUT2D eigenvalue weighted by molar-refractivity contribution is -0.136. The molecule has 0 saturated carbocycles. The molecule has 3 aromatic rings. The Morgan fingerprint density at radius 3 is 2.71 bits per heavy atom. The average Bonchev–Trinajstić information content (AvgIpc) is 3.07.